The minimum Gasteiger partial charge on any atom is -0.0882 e. The van der Waals surface area contributed by atoms with Gasteiger partial charge in [0.2, 0.25) is 0 Å². The van der Waals surface area contributed by atoms with Gasteiger partial charge in [-0.1, -0.05) is 55.0 Å². The van der Waals surface area contributed by atoms with Gasteiger partial charge in [-0.2, -0.15) is 0 Å². The van der Waals surface area contributed by atoms with Crippen LogP contribution in [0.2, 0.25) is 0 Å². The minimum absolute atomic E-state index is 1.06. The molecule has 0 nitrogen and oxygen atoms in total. The van der Waals surface area contributed by atoms with Crippen molar-refractivity contribution in [3.05, 3.63) is 48.6 Å². The number of hydrogen-bond acceptors (Lipinski definition) is 0. The van der Waals surface area contributed by atoms with Gasteiger partial charge in [-0.15, -0.1) is 0 Å². The topological polar surface area (TPSA) is 0 Å². The van der Waals surface area contributed by atoms with Gasteiger partial charge in [0.15, 0.2) is 0 Å². The van der Waals surface area contributed by atoms with Gasteiger partial charge in [0, 0.05) is 0 Å². The maximum Gasteiger partial charge on any atom is -0.0166 e. The van der Waals surface area contributed by atoms with Crippen molar-refractivity contribution >= 4 is 0 Å². The quantitative estimate of drug-likeness (QED) is 0.489. The summed E-state index contributed by atoms with van der Waals surface area (Å²) in [7, 11) is 0. The van der Waals surface area contributed by atoms with E-state index in [4.69, 9.17) is 0 Å². The Kier molecular flexibility index (Phi) is 6.74. The third-order valence-electron chi connectivity index (χ3n) is 2.29. The van der Waals surface area contributed by atoms with Crippen molar-refractivity contribution < 1.29 is 0 Å². The van der Waals surface area contributed by atoms with Crippen molar-refractivity contribution in [3.63, 3.8) is 0 Å². The van der Waals surface area contributed by atoms with Crippen LogP contribution in [0.3, 0.4) is 0 Å². The Morgan fingerprint density at radius 1 is 0.500 bits per heavy atom. The van der Waals surface area contributed by atoms with E-state index in [2.05, 4.69) is 48.6 Å². The Morgan fingerprint density at radius 3 is 2.07 bits per heavy atom. The first-order valence-electron chi connectivity index (χ1n) is 5.63. The molecule has 76 valence electrons. The minimum atomic E-state index is 1.06. The summed E-state index contributed by atoms with van der Waals surface area (Å²) in [6, 6.07) is 0. The molecule has 0 heteroatoms. The maximum absolute atomic E-state index is 2.30. The van der Waals surface area contributed by atoms with Crippen LogP contribution in [0.25, 0.3) is 0 Å². The average molecular weight is 188 g/mol. The summed E-state index contributed by atoms with van der Waals surface area (Å²) in [5.74, 6) is 0. The highest BCUT2D eigenvalue weighted by molar-refractivity contribution is 5.11. The average Bonchev–Trinajstić information content (AvgIpc) is 2.22. The van der Waals surface area contributed by atoms with Crippen molar-refractivity contribution in [1.82, 2.24) is 0 Å². The van der Waals surface area contributed by atoms with Gasteiger partial charge in [0.1, 0.15) is 0 Å². The lowest BCUT2D eigenvalue weighted by atomic mass is 10.1. The molecule has 0 heterocycles. The Hall–Kier alpha value is -1.04. The second-order valence-electron chi connectivity index (χ2n) is 3.59. The Bertz CT molecular complexity index is 228. The molecule has 14 heavy (non-hydrogen) atoms. The molecule has 0 spiro atoms. The van der Waals surface area contributed by atoms with Crippen LogP contribution in [0.15, 0.2) is 48.6 Å². The first-order chi connectivity index (χ1) is 7.00. The van der Waals surface area contributed by atoms with E-state index in [1.807, 2.05) is 0 Å². The highest BCUT2D eigenvalue weighted by Crippen LogP contribution is 2.05. The summed E-state index contributed by atoms with van der Waals surface area (Å²) in [5, 5.41) is 0. The molecule has 0 unspecified atom stereocenters. The van der Waals surface area contributed by atoms with Crippen LogP contribution in [-0.4, -0.2) is 0 Å². The van der Waals surface area contributed by atoms with Crippen LogP contribution < -0.4 is 0 Å². The molecule has 0 radical (unpaired) electrons. The molecule has 0 fully saturated rings. The van der Waals surface area contributed by atoms with Gasteiger partial charge in [-0.25, -0.2) is 0 Å². The standard InChI is InChI=1S/C14H20/c1-2-4-6-8-10-12-14-13-11-9-7-5-3-1/h1-6,9,11H,7-8,10,12-14H2/b2-1?,5-3?,6-4+,11-9-. The van der Waals surface area contributed by atoms with Crippen LogP contribution >= 0.6 is 0 Å². The fourth-order valence-electron chi connectivity index (χ4n) is 1.45. The van der Waals surface area contributed by atoms with Gasteiger partial charge in [-0.05, 0) is 32.1 Å². The molecule has 0 N–H and O–H groups in total. The zero-order chi connectivity index (χ0) is 9.90. The molecule has 0 saturated carbocycles. The zero-order valence-electron chi connectivity index (χ0n) is 8.86. The lowest BCUT2D eigenvalue weighted by Gasteiger charge is -1.95. The number of allylic oxidation sites excluding steroid dienone is 8. The van der Waals surface area contributed by atoms with E-state index >= 15 is 0 Å². The predicted molar refractivity (Wildman–Crippen MR) is 64.3 cm³/mol. The van der Waals surface area contributed by atoms with Crippen LogP contribution in [0.4, 0.5) is 0 Å². The highest BCUT2D eigenvalue weighted by Gasteiger charge is 1.85. The summed E-state index contributed by atoms with van der Waals surface area (Å²) >= 11 is 0. The smallest absolute Gasteiger partial charge is 0.0166 e. The molecular weight excluding hydrogens is 168 g/mol. The van der Waals surface area contributed by atoms with E-state index in [1.54, 1.807) is 0 Å². The SMILES string of the molecule is C1=C/C=C/CCCCC/C=C\CC=C1. The van der Waals surface area contributed by atoms with Crippen LogP contribution in [0, 0.1) is 0 Å². The molecule has 0 bridgehead atoms. The summed E-state index contributed by atoms with van der Waals surface area (Å²) < 4.78 is 0. The third-order valence-corrected chi connectivity index (χ3v) is 2.29. The number of hydrogen-bond donors (Lipinski definition) is 0. The summed E-state index contributed by atoms with van der Waals surface area (Å²) in [6.45, 7) is 0. The van der Waals surface area contributed by atoms with Gasteiger partial charge >= 0.3 is 0 Å². The zero-order valence-corrected chi connectivity index (χ0v) is 8.86. The molecule has 0 aromatic rings. The molecular formula is C14H20. The molecule has 1 rings (SSSR count). The first kappa shape index (κ1) is 11.0. The Labute approximate surface area is 87.7 Å². The van der Waals surface area contributed by atoms with Crippen molar-refractivity contribution in [2.24, 2.45) is 0 Å². The molecule has 0 aromatic heterocycles. The normalized spacial score (nSPS) is 24.0. The summed E-state index contributed by atoms with van der Waals surface area (Å²) in [4.78, 5) is 0. The van der Waals surface area contributed by atoms with E-state index < -0.39 is 0 Å². The summed E-state index contributed by atoms with van der Waals surface area (Å²) in [5.41, 5.74) is 0. The Balaban J connectivity index is 2.36. The van der Waals surface area contributed by atoms with Crippen molar-refractivity contribution in [2.75, 3.05) is 0 Å². The van der Waals surface area contributed by atoms with Gasteiger partial charge in [0.05, 0.1) is 0 Å². The largest absolute Gasteiger partial charge is 0.0882 e. The predicted octanol–water partition coefficient (Wildman–Crippen LogP) is 4.57. The molecule has 1 aliphatic carbocycles. The molecule has 0 atom stereocenters. The number of rotatable bonds is 0. The van der Waals surface area contributed by atoms with Gasteiger partial charge < -0.3 is 0 Å². The van der Waals surface area contributed by atoms with Crippen LogP contribution in [-0.2, 0) is 0 Å². The van der Waals surface area contributed by atoms with Crippen molar-refractivity contribution in [1.29, 1.82) is 0 Å². The van der Waals surface area contributed by atoms with E-state index in [1.165, 1.54) is 32.1 Å². The lowest BCUT2D eigenvalue weighted by molar-refractivity contribution is 0.695. The first-order valence-corrected chi connectivity index (χ1v) is 5.63. The molecule has 0 amide bonds. The lowest BCUT2D eigenvalue weighted by Crippen LogP contribution is -1.75. The van der Waals surface area contributed by atoms with E-state index in [0.717, 1.165) is 6.42 Å². The summed E-state index contributed by atoms with van der Waals surface area (Å²) in [6.07, 6.45) is 25.0. The molecule has 1 aliphatic rings. The van der Waals surface area contributed by atoms with E-state index in [-0.39, 0.29) is 0 Å². The molecule has 0 aliphatic heterocycles. The maximum atomic E-state index is 2.30. The van der Waals surface area contributed by atoms with E-state index in [0.29, 0.717) is 0 Å². The molecule has 0 saturated heterocycles. The van der Waals surface area contributed by atoms with Gasteiger partial charge in [0.25, 0.3) is 0 Å². The fourth-order valence-corrected chi connectivity index (χ4v) is 1.45. The van der Waals surface area contributed by atoms with E-state index in [9.17, 15) is 0 Å². The van der Waals surface area contributed by atoms with Crippen molar-refractivity contribution in [3.8, 4) is 0 Å². The second-order valence-corrected chi connectivity index (χ2v) is 3.59. The van der Waals surface area contributed by atoms with Crippen molar-refractivity contribution in [2.45, 2.75) is 38.5 Å². The van der Waals surface area contributed by atoms with Crippen LogP contribution in [0.1, 0.15) is 38.5 Å². The van der Waals surface area contributed by atoms with Gasteiger partial charge in [-0.3, -0.25) is 0 Å². The third kappa shape index (κ3) is 6.47. The highest BCUT2D eigenvalue weighted by atomic mass is 13.9. The molecule has 0 aromatic carbocycles. The fraction of sp³-hybridized carbons (Fsp3) is 0.429. The second kappa shape index (κ2) is 8.55. The monoisotopic (exact) mass is 188 g/mol. The van der Waals surface area contributed by atoms with Crippen LogP contribution in [0.5, 0.6) is 0 Å². The Morgan fingerprint density at radius 2 is 1.21 bits per heavy atom.